The first-order chi connectivity index (χ1) is 14.3. The van der Waals surface area contributed by atoms with Crippen molar-refractivity contribution in [2.75, 3.05) is 0 Å². The third kappa shape index (κ3) is 50.0. The van der Waals surface area contributed by atoms with Crippen LogP contribution in [-0.2, 0) is 14.4 Å². The molecule has 0 saturated heterocycles. The van der Waals surface area contributed by atoms with Gasteiger partial charge in [-0.25, -0.2) is 4.79 Å². The first-order valence-electron chi connectivity index (χ1n) is 10.9. The van der Waals surface area contributed by atoms with Crippen LogP contribution in [0.25, 0.3) is 0 Å². The predicted molar refractivity (Wildman–Crippen MR) is 123 cm³/mol. The molecule has 0 radical (unpaired) electrons. The lowest BCUT2D eigenvalue weighted by Crippen LogP contribution is -1.90. The molecule has 0 aliphatic heterocycles. The minimum absolute atomic E-state index is 0.292. The molecule has 0 aliphatic carbocycles. The summed E-state index contributed by atoms with van der Waals surface area (Å²) in [7, 11) is 0. The molecule has 0 fully saturated rings. The molecule has 0 aromatic carbocycles. The Balaban J connectivity index is -0.000000600. The highest BCUT2D eigenvalue weighted by molar-refractivity contribution is 5.80. The summed E-state index contributed by atoms with van der Waals surface area (Å²) in [6, 6.07) is 0. The summed E-state index contributed by atoms with van der Waals surface area (Å²) in [5.41, 5.74) is 0. The quantitative estimate of drug-likeness (QED) is 0.154. The molecule has 0 unspecified atom stereocenters. The van der Waals surface area contributed by atoms with E-state index in [1.165, 1.54) is 63.9 Å². The molecule has 0 atom stereocenters. The molecular weight excluding hydrogens is 384 g/mol. The number of hydrogen-bond acceptors (Lipinski definition) is 3. The number of carbonyl (C=O) groups is 3. The van der Waals surface area contributed by atoms with Crippen LogP contribution in [0.1, 0.15) is 97.8 Å². The van der Waals surface area contributed by atoms with Crippen LogP contribution in [-0.4, -0.2) is 33.2 Å². The van der Waals surface area contributed by atoms with Crippen molar-refractivity contribution < 1.29 is 29.7 Å². The average Bonchev–Trinajstić information content (AvgIpc) is 2.64. The Labute approximate surface area is 182 Å². The van der Waals surface area contributed by atoms with Gasteiger partial charge in [0, 0.05) is 19.4 Å². The van der Waals surface area contributed by atoms with Crippen LogP contribution in [0.2, 0.25) is 0 Å². The SMILES string of the molecule is CC(=O)O.CCCC(=O)O.CCCCCCCCCCCC=CC=CC=CC(=O)O. The highest BCUT2D eigenvalue weighted by Crippen LogP contribution is 2.10. The fraction of sp³-hybridized carbons (Fsp3) is 0.625. The summed E-state index contributed by atoms with van der Waals surface area (Å²) in [6.07, 6.45) is 24.8. The second kappa shape index (κ2) is 28.8. The van der Waals surface area contributed by atoms with Crippen molar-refractivity contribution in [2.45, 2.75) is 97.8 Å². The third-order valence-electron chi connectivity index (χ3n) is 3.65. The van der Waals surface area contributed by atoms with E-state index in [1.807, 2.05) is 19.1 Å². The van der Waals surface area contributed by atoms with Crippen LogP contribution >= 0.6 is 0 Å². The van der Waals surface area contributed by atoms with Crippen LogP contribution in [0, 0.1) is 0 Å². The second-order valence-electron chi connectivity index (χ2n) is 6.79. The summed E-state index contributed by atoms with van der Waals surface area (Å²) in [4.78, 5) is 28.8. The topological polar surface area (TPSA) is 112 Å². The van der Waals surface area contributed by atoms with Crippen molar-refractivity contribution in [3.8, 4) is 0 Å². The van der Waals surface area contributed by atoms with Crippen molar-refractivity contribution in [1.82, 2.24) is 0 Å². The summed E-state index contributed by atoms with van der Waals surface area (Å²) < 4.78 is 0. The standard InChI is InChI=1S/C18H30O2.C4H8O2.C2H4O2/c1-2-3-4-5-6-7-8-9-10-11-12-13-14-15-16-17-18(19)20;1-2-3-4(5)6;1-2(3)4/h12-17H,2-11H2,1H3,(H,19,20);2-3H2,1H3,(H,5,6);1H3,(H,3,4). The minimum atomic E-state index is -0.909. The third-order valence-corrected chi connectivity index (χ3v) is 3.65. The first-order valence-corrected chi connectivity index (χ1v) is 10.9. The average molecular weight is 427 g/mol. The first kappa shape index (κ1) is 32.3. The predicted octanol–water partition coefficient (Wildman–Crippen LogP) is 6.62. The fourth-order valence-corrected chi connectivity index (χ4v) is 2.23. The smallest absolute Gasteiger partial charge is 0.328 e. The van der Waals surface area contributed by atoms with Gasteiger partial charge >= 0.3 is 11.9 Å². The Morgan fingerprint density at radius 2 is 1.13 bits per heavy atom. The number of aliphatic carboxylic acids is 3. The van der Waals surface area contributed by atoms with E-state index < -0.39 is 17.9 Å². The molecule has 0 heterocycles. The number of carboxylic acids is 3. The lowest BCUT2D eigenvalue weighted by Gasteiger charge is -2.00. The van der Waals surface area contributed by atoms with Crippen LogP contribution in [0.4, 0.5) is 0 Å². The fourth-order valence-electron chi connectivity index (χ4n) is 2.23. The molecule has 0 aromatic rings. The molecule has 0 rings (SSSR count). The van der Waals surface area contributed by atoms with E-state index in [2.05, 4.69) is 13.0 Å². The van der Waals surface area contributed by atoms with Gasteiger partial charge in [-0.1, -0.05) is 95.6 Å². The van der Waals surface area contributed by atoms with Gasteiger partial charge in [0.25, 0.3) is 5.97 Å². The summed E-state index contributed by atoms with van der Waals surface area (Å²) in [6.45, 7) is 5.18. The van der Waals surface area contributed by atoms with E-state index in [-0.39, 0.29) is 0 Å². The van der Waals surface area contributed by atoms with Crippen LogP contribution < -0.4 is 0 Å². The molecule has 6 nitrogen and oxygen atoms in total. The van der Waals surface area contributed by atoms with Crippen molar-refractivity contribution >= 4 is 17.9 Å². The lowest BCUT2D eigenvalue weighted by molar-refractivity contribution is -0.137. The Kier molecular flexibility index (Phi) is 31.0. The molecule has 0 bridgehead atoms. The Bertz CT molecular complexity index is 488. The van der Waals surface area contributed by atoms with Gasteiger partial charge < -0.3 is 15.3 Å². The highest BCUT2D eigenvalue weighted by Gasteiger charge is 1.91. The van der Waals surface area contributed by atoms with Crippen LogP contribution in [0.15, 0.2) is 36.5 Å². The molecule has 0 aromatic heterocycles. The van der Waals surface area contributed by atoms with Gasteiger partial charge in [-0.05, 0) is 19.3 Å². The molecule has 0 aliphatic rings. The van der Waals surface area contributed by atoms with Gasteiger partial charge in [0.2, 0.25) is 0 Å². The van der Waals surface area contributed by atoms with Crippen LogP contribution in [0.3, 0.4) is 0 Å². The van der Waals surface area contributed by atoms with Gasteiger partial charge in [-0.3, -0.25) is 9.59 Å². The molecule has 0 amide bonds. The van der Waals surface area contributed by atoms with Crippen molar-refractivity contribution in [1.29, 1.82) is 0 Å². The lowest BCUT2D eigenvalue weighted by atomic mass is 10.1. The minimum Gasteiger partial charge on any atom is -0.481 e. The van der Waals surface area contributed by atoms with Gasteiger partial charge in [0.05, 0.1) is 0 Å². The number of carboxylic acid groups (broad SMARTS) is 3. The van der Waals surface area contributed by atoms with Gasteiger partial charge in [0.1, 0.15) is 0 Å². The number of hydrogen-bond donors (Lipinski definition) is 3. The maximum atomic E-state index is 10.2. The Hall–Kier alpha value is -2.37. The summed E-state index contributed by atoms with van der Waals surface area (Å²) in [5, 5.41) is 23.7. The molecule has 6 heteroatoms. The monoisotopic (exact) mass is 426 g/mol. The Morgan fingerprint density at radius 3 is 1.53 bits per heavy atom. The molecule has 3 N–H and O–H groups in total. The van der Waals surface area contributed by atoms with Crippen LogP contribution in [0.5, 0.6) is 0 Å². The van der Waals surface area contributed by atoms with Gasteiger partial charge in [0.15, 0.2) is 0 Å². The van der Waals surface area contributed by atoms with E-state index in [1.54, 1.807) is 6.08 Å². The van der Waals surface area contributed by atoms with E-state index in [9.17, 15) is 9.59 Å². The maximum Gasteiger partial charge on any atom is 0.328 e. The number of unbranched alkanes of at least 4 members (excludes halogenated alkanes) is 9. The van der Waals surface area contributed by atoms with Crippen molar-refractivity contribution in [3.05, 3.63) is 36.5 Å². The van der Waals surface area contributed by atoms with Gasteiger partial charge in [-0.2, -0.15) is 0 Å². The normalized spacial score (nSPS) is 10.5. The highest BCUT2D eigenvalue weighted by atomic mass is 16.4. The maximum absolute atomic E-state index is 10.2. The zero-order chi connectivity index (χ0) is 23.5. The molecule has 174 valence electrons. The van der Waals surface area contributed by atoms with E-state index in [4.69, 9.17) is 20.1 Å². The number of rotatable bonds is 15. The second-order valence-corrected chi connectivity index (χ2v) is 6.79. The molecule has 0 saturated carbocycles. The zero-order valence-corrected chi connectivity index (χ0v) is 19.0. The molecular formula is C24H42O6. The summed E-state index contributed by atoms with van der Waals surface area (Å²) >= 11 is 0. The van der Waals surface area contributed by atoms with Crippen molar-refractivity contribution in [3.63, 3.8) is 0 Å². The molecule has 0 spiro atoms. The van der Waals surface area contributed by atoms with E-state index in [0.717, 1.165) is 25.8 Å². The van der Waals surface area contributed by atoms with Crippen molar-refractivity contribution in [2.24, 2.45) is 0 Å². The van der Waals surface area contributed by atoms with E-state index in [0.29, 0.717) is 6.42 Å². The number of allylic oxidation sites excluding steroid dienone is 5. The molecule has 30 heavy (non-hydrogen) atoms. The zero-order valence-electron chi connectivity index (χ0n) is 19.0. The largest absolute Gasteiger partial charge is 0.481 e. The summed E-state index contributed by atoms with van der Waals surface area (Å²) in [5.74, 6) is -2.45. The Morgan fingerprint density at radius 1 is 0.667 bits per heavy atom. The van der Waals surface area contributed by atoms with E-state index >= 15 is 0 Å². The van der Waals surface area contributed by atoms with Gasteiger partial charge in [-0.15, -0.1) is 0 Å².